The number of nitrogens with one attached hydrogen (secondary N) is 1. The molecule has 1 N–H and O–H groups in total. The highest BCUT2D eigenvalue weighted by Gasteiger charge is 2.18. The minimum atomic E-state index is -3.69. The molecule has 0 unspecified atom stereocenters. The Kier molecular flexibility index (Phi) is 6.14. The molecule has 6 nitrogen and oxygen atoms in total. The van der Waals surface area contributed by atoms with E-state index in [2.05, 4.69) is 4.72 Å². The molecule has 0 aliphatic heterocycles. The van der Waals surface area contributed by atoms with E-state index in [0.29, 0.717) is 5.56 Å². The van der Waals surface area contributed by atoms with Crippen LogP contribution in [0.4, 0.5) is 5.69 Å². The second-order valence-electron chi connectivity index (χ2n) is 5.91. The van der Waals surface area contributed by atoms with Crippen molar-refractivity contribution in [3.63, 3.8) is 0 Å². The average molecular weight is 371 g/mol. The van der Waals surface area contributed by atoms with Crippen molar-refractivity contribution in [3.05, 3.63) is 59.2 Å². The van der Waals surface area contributed by atoms with Crippen LogP contribution in [0.3, 0.4) is 0 Å². The van der Waals surface area contributed by atoms with Crippen molar-refractivity contribution in [2.75, 3.05) is 18.5 Å². The second-order valence-corrected chi connectivity index (χ2v) is 7.68. The molecule has 0 heterocycles. The van der Waals surface area contributed by atoms with Crippen molar-refractivity contribution in [2.45, 2.75) is 25.2 Å². The first-order valence-electron chi connectivity index (χ1n) is 8.09. The molecule has 0 fully saturated rings. The quantitative estimate of drug-likeness (QED) is 0.791. The number of anilines is 1. The molecule has 136 valence electrons. The molecule has 2 aromatic carbocycles. The first kappa shape index (κ1) is 19.6. The Hall–Kier alpha value is -2.69. The van der Waals surface area contributed by atoms with Gasteiger partial charge in [0.15, 0.2) is 0 Å². The van der Waals surface area contributed by atoms with Gasteiger partial charge in [-0.15, -0.1) is 0 Å². The summed E-state index contributed by atoms with van der Waals surface area (Å²) in [6, 6.07) is 13.4. The number of hydrogen-bond donors (Lipinski definition) is 1. The van der Waals surface area contributed by atoms with Crippen LogP contribution in [0.15, 0.2) is 47.4 Å². The van der Waals surface area contributed by atoms with Crippen molar-refractivity contribution in [3.8, 4) is 6.07 Å². The summed E-state index contributed by atoms with van der Waals surface area (Å²) in [6.07, 6.45) is 0.0937. The number of carbonyl (C=O) groups excluding carboxylic acids is 1. The molecule has 0 aliphatic rings. The number of aryl methyl sites for hydroxylation is 1. The molecule has 26 heavy (non-hydrogen) atoms. The van der Waals surface area contributed by atoms with E-state index in [4.69, 9.17) is 5.26 Å². The van der Waals surface area contributed by atoms with Gasteiger partial charge in [-0.1, -0.05) is 12.1 Å². The van der Waals surface area contributed by atoms with E-state index >= 15 is 0 Å². The van der Waals surface area contributed by atoms with E-state index in [-0.39, 0.29) is 23.8 Å². The first-order chi connectivity index (χ1) is 12.3. The van der Waals surface area contributed by atoms with Crippen molar-refractivity contribution in [2.24, 2.45) is 0 Å². The lowest BCUT2D eigenvalue weighted by molar-refractivity contribution is 0.0992. The Balaban J connectivity index is 2.21. The smallest absolute Gasteiger partial charge is 0.258 e. The third-order valence-corrected chi connectivity index (χ3v) is 5.66. The number of amides is 1. The van der Waals surface area contributed by atoms with Gasteiger partial charge in [-0.2, -0.15) is 5.26 Å². The van der Waals surface area contributed by atoms with Crippen LogP contribution >= 0.6 is 0 Å². The Morgan fingerprint density at radius 3 is 2.42 bits per heavy atom. The third-order valence-electron chi connectivity index (χ3n) is 4.18. The molecular formula is C19H21N3O3S. The third kappa shape index (κ3) is 4.28. The fourth-order valence-electron chi connectivity index (χ4n) is 2.50. The summed E-state index contributed by atoms with van der Waals surface area (Å²) in [5.41, 5.74) is 3.31. The van der Waals surface area contributed by atoms with E-state index in [0.717, 1.165) is 16.8 Å². The molecule has 0 saturated heterocycles. The van der Waals surface area contributed by atoms with E-state index in [9.17, 15) is 13.2 Å². The summed E-state index contributed by atoms with van der Waals surface area (Å²) < 4.78 is 26.6. The van der Waals surface area contributed by atoms with Crippen LogP contribution in [0.5, 0.6) is 0 Å². The maximum atomic E-state index is 12.7. The highest BCUT2D eigenvalue weighted by Crippen LogP contribution is 2.23. The zero-order valence-corrected chi connectivity index (χ0v) is 15.8. The fourth-order valence-corrected chi connectivity index (χ4v) is 3.54. The molecule has 0 aromatic heterocycles. The molecule has 0 saturated carbocycles. The Morgan fingerprint density at radius 1 is 1.15 bits per heavy atom. The summed E-state index contributed by atoms with van der Waals surface area (Å²) in [6.45, 7) is 3.99. The number of nitriles is 1. The molecule has 0 radical (unpaired) electrons. The second kappa shape index (κ2) is 8.13. The Morgan fingerprint density at radius 2 is 1.81 bits per heavy atom. The monoisotopic (exact) mass is 371 g/mol. The maximum Gasteiger partial charge on any atom is 0.258 e. The van der Waals surface area contributed by atoms with Crippen LogP contribution in [0.1, 0.15) is 27.9 Å². The predicted molar refractivity (Wildman–Crippen MR) is 101 cm³/mol. The lowest BCUT2D eigenvalue weighted by Crippen LogP contribution is -2.27. The van der Waals surface area contributed by atoms with Gasteiger partial charge in [-0.3, -0.25) is 4.79 Å². The topological polar surface area (TPSA) is 90.3 Å². The van der Waals surface area contributed by atoms with E-state index < -0.39 is 10.0 Å². The molecular weight excluding hydrogens is 350 g/mol. The van der Waals surface area contributed by atoms with E-state index in [1.54, 1.807) is 11.9 Å². The number of nitrogens with zero attached hydrogens (tertiary/aromatic N) is 2. The van der Waals surface area contributed by atoms with Crippen molar-refractivity contribution >= 4 is 21.6 Å². The Labute approximate surface area is 154 Å². The molecule has 0 bridgehead atoms. The van der Waals surface area contributed by atoms with Gasteiger partial charge in [0.25, 0.3) is 5.91 Å². The maximum absolute atomic E-state index is 12.7. The molecule has 2 rings (SSSR count). The van der Waals surface area contributed by atoms with E-state index in [1.807, 2.05) is 38.1 Å². The van der Waals surface area contributed by atoms with Crippen molar-refractivity contribution < 1.29 is 13.2 Å². The largest absolute Gasteiger partial charge is 0.311 e. The van der Waals surface area contributed by atoms with Gasteiger partial charge in [0.05, 0.1) is 11.0 Å². The summed E-state index contributed by atoms with van der Waals surface area (Å²) in [5.74, 6) is -0.222. The number of sulfonamides is 1. The predicted octanol–water partition coefficient (Wildman–Crippen LogP) is 2.77. The van der Waals surface area contributed by atoms with Gasteiger partial charge < -0.3 is 4.90 Å². The highest BCUT2D eigenvalue weighted by atomic mass is 32.2. The lowest BCUT2D eigenvalue weighted by atomic mass is 10.1. The highest BCUT2D eigenvalue weighted by molar-refractivity contribution is 7.89. The van der Waals surface area contributed by atoms with Gasteiger partial charge >= 0.3 is 0 Å². The minimum absolute atomic E-state index is 0.0505. The molecule has 0 atom stereocenters. The Bertz CT molecular complexity index is 945. The summed E-state index contributed by atoms with van der Waals surface area (Å²) in [7, 11) is -1.99. The average Bonchev–Trinajstić information content (AvgIpc) is 2.63. The summed E-state index contributed by atoms with van der Waals surface area (Å²) in [5, 5.41) is 8.49. The van der Waals surface area contributed by atoms with Crippen LogP contribution < -0.4 is 9.62 Å². The van der Waals surface area contributed by atoms with Crippen molar-refractivity contribution in [1.82, 2.24) is 4.72 Å². The standard InChI is InChI=1S/C19H21N3O3S/c1-14-6-4-7-18(15(14)2)22(3)19(23)16-8-10-17(11-9-16)26(24,25)21-13-5-12-20/h4,6-11,21H,5,13H2,1-3H3. The zero-order valence-electron chi connectivity index (χ0n) is 15.0. The van der Waals surface area contributed by atoms with Gasteiger partial charge in [0, 0.05) is 31.3 Å². The zero-order chi connectivity index (χ0) is 19.3. The summed E-state index contributed by atoms with van der Waals surface area (Å²) >= 11 is 0. The number of carbonyl (C=O) groups is 1. The lowest BCUT2D eigenvalue weighted by Gasteiger charge is -2.21. The van der Waals surface area contributed by atoms with Crippen LogP contribution in [0.2, 0.25) is 0 Å². The normalized spacial score (nSPS) is 11.0. The molecule has 2 aromatic rings. The number of rotatable bonds is 6. The van der Waals surface area contributed by atoms with Gasteiger partial charge in [-0.05, 0) is 55.3 Å². The SMILES string of the molecule is Cc1cccc(N(C)C(=O)c2ccc(S(=O)(=O)NCCC#N)cc2)c1C. The minimum Gasteiger partial charge on any atom is -0.311 e. The van der Waals surface area contributed by atoms with Gasteiger partial charge in [-0.25, -0.2) is 13.1 Å². The molecule has 1 amide bonds. The number of benzene rings is 2. The molecule has 7 heteroatoms. The van der Waals surface area contributed by atoms with Crippen LogP contribution in [-0.2, 0) is 10.0 Å². The summed E-state index contributed by atoms with van der Waals surface area (Å²) in [4.78, 5) is 14.3. The fraction of sp³-hybridized carbons (Fsp3) is 0.263. The number of hydrogen-bond acceptors (Lipinski definition) is 4. The van der Waals surface area contributed by atoms with E-state index in [1.165, 1.54) is 24.3 Å². The van der Waals surface area contributed by atoms with Crippen LogP contribution in [0, 0.1) is 25.2 Å². The first-order valence-corrected chi connectivity index (χ1v) is 9.57. The van der Waals surface area contributed by atoms with Gasteiger partial charge in [0.1, 0.15) is 0 Å². The van der Waals surface area contributed by atoms with Crippen LogP contribution in [0.25, 0.3) is 0 Å². The van der Waals surface area contributed by atoms with Crippen molar-refractivity contribution in [1.29, 1.82) is 5.26 Å². The van der Waals surface area contributed by atoms with Crippen LogP contribution in [-0.4, -0.2) is 27.9 Å². The molecule has 0 aliphatic carbocycles. The molecule has 0 spiro atoms. The van der Waals surface area contributed by atoms with Gasteiger partial charge in [0.2, 0.25) is 10.0 Å².